The summed E-state index contributed by atoms with van der Waals surface area (Å²) in [7, 11) is 0. The van der Waals surface area contributed by atoms with Crippen molar-refractivity contribution in [3.63, 3.8) is 0 Å². The largest absolute Gasteiger partial charge is 0.331 e. The predicted molar refractivity (Wildman–Crippen MR) is 73.7 cm³/mol. The maximum absolute atomic E-state index is 13.4. The first kappa shape index (κ1) is 11.9. The molecule has 2 nitrogen and oxygen atoms in total. The number of aromatic nitrogens is 2. The van der Waals surface area contributed by atoms with Crippen molar-refractivity contribution in [1.82, 2.24) is 9.55 Å². The molecule has 1 N–H and O–H groups in total. The van der Waals surface area contributed by atoms with Gasteiger partial charge in [-0.1, -0.05) is 13.3 Å². The highest BCUT2D eigenvalue weighted by atomic mass is 32.1. The number of benzene rings is 1. The second kappa shape index (κ2) is 4.19. The number of hydrogen-bond donors (Lipinski definition) is 1. The number of fused-ring (bicyclic) bond motifs is 1. The van der Waals surface area contributed by atoms with E-state index in [1.165, 1.54) is 25.3 Å². The average molecular weight is 264 g/mol. The van der Waals surface area contributed by atoms with E-state index in [9.17, 15) is 4.39 Å². The maximum Gasteiger partial charge on any atom is 0.178 e. The van der Waals surface area contributed by atoms with Gasteiger partial charge in [0.15, 0.2) is 4.77 Å². The van der Waals surface area contributed by atoms with Crippen LogP contribution in [-0.2, 0) is 6.54 Å². The molecule has 0 spiro atoms. The number of nitrogens with zero attached hydrogens (tertiary/aromatic N) is 1. The van der Waals surface area contributed by atoms with Crippen LogP contribution in [0, 0.1) is 16.0 Å². The molecule has 0 amide bonds. The zero-order valence-electron chi connectivity index (χ0n) is 10.5. The van der Waals surface area contributed by atoms with E-state index in [2.05, 4.69) is 16.5 Å². The van der Waals surface area contributed by atoms with Gasteiger partial charge >= 0.3 is 0 Å². The molecule has 1 heterocycles. The minimum Gasteiger partial charge on any atom is -0.331 e. The van der Waals surface area contributed by atoms with Crippen LogP contribution >= 0.6 is 12.2 Å². The Bertz CT molecular complexity index is 631. The van der Waals surface area contributed by atoms with Crippen molar-refractivity contribution in [3.8, 4) is 0 Å². The summed E-state index contributed by atoms with van der Waals surface area (Å²) in [4.78, 5) is 3.16. The van der Waals surface area contributed by atoms with E-state index in [0.29, 0.717) is 10.2 Å². The Morgan fingerprint density at radius 1 is 1.44 bits per heavy atom. The lowest BCUT2D eigenvalue weighted by molar-refractivity contribution is 0.101. The normalized spacial score (nSPS) is 17.9. The van der Waals surface area contributed by atoms with Gasteiger partial charge in [0, 0.05) is 6.54 Å². The maximum atomic E-state index is 13.4. The molecule has 1 aliphatic rings. The molecule has 4 heteroatoms. The minimum atomic E-state index is -0.204. The van der Waals surface area contributed by atoms with Crippen molar-refractivity contribution in [2.24, 2.45) is 5.41 Å². The SMILES string of the molecule is CCC1(Cn2c(=S)[nH]c3ccc(F)cc32)CCC1. The summed E-state index contributed by atoms with van der Waals surface area (Å²) >= 11 is 5.37. The average Bonchev–Trinajstić information content (AvgIpc) is 2.60. The number of nitrogens with one attached hydrogen (secondary N) is 1. The summed E-state index contributed by atoms with van der Waals surface area (Å²) in [6.07, 6.45) is 4.98. The third kappa shape index (κ3) is 1.79. The van der Waals surface area contributed by atoms with Gasteiger partial charge in [0.1, 0.15) is 5.82 Å². The predicted octanol–water partition coefficient (Wildman–Crippen LogP) is 4.42. The summed E-state index contributed by atoms with van der Waals surface area (Å²) in [6, 6.07) is 4.80. The van der Waals surface area contributed by atoms with E-state index in [1.54, 1.807) is 12.1 Å². The van der Waals surface area contributed by atoms with Gasteiger partial charge in [0.25, 0.3) is 0 Å². The highest BCUT2D eigenvalue weighted by Gasteiger charge is 2.35. The molecule has 1 fully saturated rings. The molecule has 0 radical (unpaired) electrons. The van der Waals surface area contributed by atoms with Gasteiger partial charge in [0.05, 0.1) is 11.0 Å². The lowest BCUT2D eigenvalue weighted by Gasteiger charge is -2.41. The van der Waals surface area contributed by atoms with Crippen molar-refractivity contribution >= 4 is 23.3 Å². The lowest BCUT2D eigenvalue weighted by Crippen LogP contribution is -2.33. The van der Waals surface area contributed by atoms with Gasteiger partial charge in [-0.15, -0.1) is 0 Å². The first-order chi connectivity index (χ1) is 8.63. The molecule has 2 aromatic rings. The third-order valence-corrected chi connectivity index (χ3v) is 4.72. The van der Waals surface area contributed by atoms with E-state index in [-0.39, 0.29) is 5.82 Å². The number of H-pyrrole nitrogens is 1. The number of aromatic amines is 1. The number of halogens is 1. The van der Waals surface area contributed by atoms with Crippen LogP contribution in [0.4, 0.5) is 4.39 Å². The van der Waals surface area contributed by atoms with Crippen molar-refractivity contribution in [2.75, 3.05) is 0 Å². The molecule has 0 unspecified atom stereocenters. The molecule has 1 aromatic heterocycles. The number of rotatable bonds is 3. The lowest BCUT2D eigenvalue weighted by atomic mass is 9.67. The summed E-state index contributed by atoms with van der Waals surface area (Å²) in [5, 5.41) is 0. The fraction of sp³-hybridized carbons (Fsp3) is 0.500. The minimum absolute atomic E-state index is 0.204. The van der Waals surface area contributed by atoms with Crippen LogP contribution in [0.3, 0.4) is 0 Å². The Hall–Kier alpha value is -1.16. The number of hydrogen-bond acceptors (Lipinski definition) is 1. The van der Waals surface area contributed by atoms with Gasteiger partial charge in [-0.05, 0) is 55.1 Å². The fourth-order valence-electron chi connectivity index (χ4n) is 2.92. The Morgan fingerprint density at radius 2 is 2.22 bits per heavy atom. The second-order valence-electron chi connectivity index (χ2n) is 5.38. The van der Waals surface area contributed by atoms with Crippen molar-refractivity contribution in [1.29, 1.82) is 0 Å². The van der Waals surface area contributed by atoms with Crippen molar-refractivity contribution in [3.05, 3.63) is 28.8 Å². The van der Waals surface area contributed by atoms with E-state index in [4.69, 9.17) is 12.2 Å². The van der Waals surface area contributed by atoms with E-state index in [1.807, 2.05) is 0 Å². The van der Waals surface area contributed by atoms with Crippen LogP contribution in [0.5, 0.6) is 0 Å². The number of imidazole rings is 1. The Balaban J connectivity index is 2.08. The molecular formula is C14H17FN2S. The summed E-state index contributed by atoms with van der Waals surface area (Å²) in [5.74, 6) is -0.204. The Labute approximate surface area is 111 Å². The molecule has 1 saturated carbocycles. The standard InChI is InChI=1S/C14H17FN2S/c1-2-14(6-3-7-14)9-17-12-8-10(15)4-5-11(12)16-13(17)18/h4-5,8H,2-3,6-7,9H2,1H3,(H,16,18). The first-order valence-electron chi connectivity index (χ1n) is 6.52. The van der Waals surface area contributed by atoms with E-state index in [0.717, 1.165) is 24.0 Å². The highest BCUT2D eigenvalue weighted by molar-refractivity contribution is 7.71. The Kier molecular flexibility index (Phi) is 2.77. The van der Waals surface area contributed by atoms with Gasteiger partial charge in [-0.25, -0.2) is 4.39 Å². The van der Waals surface area contributed by atoms with Gasteiger partial charge < -0.3 is 9.55 Å². The molecule has 1 aromatic carbocycles. The summed E-state index contributed by atoms with van der Waals surface area (Å²) < 4.78 is 16.1. The topological polar surface area (TPSA) is 20.7 Å². The molecule has 18 heavy (non-hydrogen) atoms. The van der Waals surface area contributed by atoms with Gasteiger partial charge in [-0.3, -0.25) is 0 Å². The first-order valence-corrected chi connectivity index (χ1v) is 6.92. The monoisotopic (exact) mass is 264 g/mol. The van der Waals surface area contributed by atoms with Crippen LogP contribution in [0.25, 0.3) is 11.0 Å². The van der Waals surface area contributed by atoms with Crippen LogP contribution in [0.1, 0.15) is 32.6 Å². The van der Waals surface area contributed by atoms with Crippen LogP contribution in [0.2, 0.25) is 0 Å². The van der Waals surface area contributed by atoms with Crippen LogP contribution in [0.15, 0.2) is 18.2 Å². The van der Waals surface area contributed by atoms with Gasteiger partial charge in [-0.2, -0.15) is 0 Å². The summed E-state index contributed by atoms with van der Waals surface area (Å²) in [5.41, 5.74) is 2.19. The van der Waals surface area contributed by atoms with E-state index < -0.39 is 0 Å². The van der Waals surface area contributed by atoms with E-state index >= 15 is 0 Å². The smallest absolute Gasteiger partial charge is 0.178 e. The molecule has 3 rings (SSSR count). The summed E-state index contributed by atoms with van der Waals surface area (Å²) in [6.45, 7) is 3.14. The van der Waals surface area contributed by atoms with Crippen molar-refractivity contribution < 1.29 is 4.39 Å². The molecule has 0 aliphatic heterocycles. The van der Waals surface area contributed by atoms with Gasteiger partial charge in [0.2, 0.25) is 0 Å². The Morgan fingerprint density at radius 3 is 2.83 bits per heavy atom. The molecular weight excluding hydrogens is 247 g/mol. The zero-order chi connectivity index (χ0) is 12.8. The zero-order valence-corrected chi connectivity index (χ0v) is 11.3. The second-order valence-corrected chi connectivity index (χ2v) is 5.77. The molecule has 0 atom stereocenters. The molecule has 1 aliphatic carbocycles. The third-order valence-electron chi connectivity index (χ3n) is 4.40. The van der Waals surface area contributed by atoms with Crippen LogP contribution < -0.4 is 0 Å². The molecule has 0 bridgehead atoms. The molecule has 96 valence electrons. The molecule has 0 saturated heterocycles. The quantitative estimate of drug-likeness (QED) is 0.814. The highest BCUT2D eigenvalue weighted by Crippen LogP contribution is 2.45. The van der Waals surface area contributed by atoms with Crippen LogP contribution in [-0.4, -0.2) is 9.55 Å². The fourth-order valence-corrected chi connectivity index (χ4v) is 3.19. The van der Waals surface area contributed by atoms with Crippen molar-refractivity contribution in [2.45, 2.75) is 39.2 Å².